The molecule has 1 aliphatic heterocycles. The highest BCUT2D eigenvalue weighted by Crippen LogP contribution is 2.27. The van der Waals surface area contributed by atoms with E-state index in [9.17, 15) is 14.4 Å². The van der Waals surface area contributed by atoms with Crippen LogP contribution in [0.2, 0.25) is 0 Å². The molecule has 2 aromatic carbocycles. The summed E-state index contributed by atoms with van der Waals surface area (Å²) in [6, 6.07) is 16.7. The first kappa shape index (κ1) is 28.2. The summed E-state index contributed by atoms with van der Waals surface area (Å²) in [6.07, 6.45) is 4.17. The minimum absolute atomic E-state index is 0.0880. The van der Waals surface area contributed by atoms with Crippen LogP contribution in [0.3, 0.4) is 0 Å². The summed E-state index contributed by atoms with van der Waals surface area (Å²) in [5, 5.41) is 3.00. The van der Waals surface area contributed by atoms with Crippen LogP contribution in [-0.2, 0) is 20.9 Å². The average molecular weight is 508 g/mol. The number of rotatable bonds is 12. The Hall–Kier alpha value is -3.35. The lowest BCUT2D eigenvalue weighted by atomic mass is 9.81. The molecular formula is C30H41N3O4. The van der Waals surface area contributed by atoms with Gasteiger partial charge in [0.05, 0.1) is 0 Å². The summed E-state index contributed by atoms with van der Waals surface area (Å²) in [5.74, 6) is -0.150. The van der Waals surface area contributed by atoms with Crippen molar-refractivity contribution in [3.8, 4) is 11.5 Å². The Morgan fingerprint density at radius 2 is 1.78 bits per heavy atom. The molecule has 2 aromatic rings. The van der Waals surface area contributed by atoms with E-state index in [1.54, 1.807) is 0 Å². The lowest BCUT2D eigenvalue weighted by Gasteiger charge is -2.29. The highest BCUT2D eigenvalue weighted by Gasteiger charge is 2.35. The Bertz CT molecular complexity index is 1040. The van der Waals surface area contributed by atoms with Crippen LogP contribution in [0, 0.1) is 17.8 Å². The van der Waals surface area contributed by atoms with Crippen molar-refractivity contribution in [3.63, 3.8) is 0 Å². The Kier molecular flexibility index (Phi) is 10.5. The minimum atomic E-state index is -0.606. The van der Waals surface area contributed by atoms with Crippen LogP contribution in [0.5, 0.6) is 11.5 Å². The molecule has 0 aromatic heterocycles. The van der Waals surface area contributed by atoms with Gasteiger partial charge in [-0.2, -0.15) is 0 Å². The van der Waals surface area contributed by atoms with Crippen LogP contribution in [0.25, 0.3) is 0 Å². The standard InChI is InChI=1S/C30H41N3O4/c1-4-11-25(26(28(31)34)18-21(2)3)29(35)32-27-16-8-9-17-33(30(27)36)20-22-12-10-15-24(19-22)37-23-13-6-5-7-14-23/h5-7,10,12-15,19,21,25-27H,4,8-9,11,16-18,20H2,1-3H3,(H2,31,34)(H,32,35). The van der Waals surface area contributed by atoms with Crippen LogP contribution in [0.4, 0.5) is 0 Å². The van der Waals surface area contributed by atoms with E-state index in [0.29, 0.717) is 38.1 Å². The van der Waals surface area contributed by atoms with Gasteiger partial charge in [0.25, 0.3) is 0 Å². The molecule has 200 valence electrons. The third kappa shape index (κ3) is 8.34. The molecule has 1 saturated heterocycles. The molecular weight excluding hydrogens is 466 g/mol. The summed E-state index contributed by atoms with van der Waals surface area (Å²) in [5.41, 5.74) is 6.67. The fourth-order valence-corrected chi connectivity index (χ4v) is 5.04. The average Bonchev–Trinajstić information content (AvgIpc) is 3.03. The topological polar surface area (TPSA) is 102 Å². The Balaban J connectivity index is 1.70. The van der Waals surface area contributed by atoms with Crippen molar-refractivity contribution < 1.29 is 19.1 Å². The number of carbonyl (C=O) groups is 3. The number of para-hydroxylation sites is 1. The Labute approximate surface area is 220 Å². The van der Waals surface area contributed by atoms with Crippen molar-refractivity contribution >= 4 is 17.7 Å². The maximum Gasteiger partial charge on any atom is 0.245 e. The largest absolute Gasteiger partial charge is 0.457 e. The number of amides is 3. The van der Waals surface area contributed by atoms with Gasteiger partial charge < -0.3 is 20.7 Å². The van der Waals surface area contributed by atoms with E-state index in [1.165, 1.54) is 0 Å². The van der Waals surface area contributed by atoms with Crippen LogP contribution >= 0.6 is 0 Å². The van der Waals surface area contributed by atoms with Crippen LogP contribution in [0.15, 0.2) is 54.6 Å². The lowest BCUT2D eigenvalue weighted by Crippen LogP contribution is -2.50. The summed E-state index contributed by atoms with van der Waals surface area (Å²) in [7, 11) is 0. The first-order valence-electron chi connectivity index (χ1n) is 13.5. The van der Waals surface area contributed by atoms with Gasteiger partial charge in [0.15, 0.2) is 0 Å². The number of nitrogens with zero attached hydrogens (tertiary/aromatic N) is 1. The normalized spacial score (nSPS) is 17.7. The van der Waals surface area contributed by atoms with Crippen molar-refractivity contribution in [1.29, 1.82) is 0 Å². The van der Waals surface area contributed by atoms with Crippen LogP contribution < -0.4 is 15.8 Å². The summed E-state index contributed by atoms with van der Waals surface area (Å²) in [4.78, 5) is 40.9. The molecule has 3 unspecified atom stereocenters. The van der Waals surface area contributed by atoms with E-state index in [0.717, 1.165) is 30.6 Å². The second-order valence-electron chi connectivity index (χ2n) is 10.4. The molecule has 3 rings (SSSR count). The zero-order chi connectivity index (χ0) is 26.8. The van der Waals surface area contributed by atoms with Gasteiger partial charge in [-0.05, 0) is 67.9 Å². The number of likely N-dealkylation sites (tertiary alicyclic amines) is 1. The minimum Gasteiger partial charge on any atom is -0.457 e. The number of nitrogens with two attached hydrogens (primary N) is 1. The molecule has 3 atom stereocenters. The molecule has 0 bridgehead atoms. The molecule has 7 nitrogen and oxygen atoms in total. The zero-order valence-electron chi connectivity index (χ0n) is 22.3. The van der Waals surface area contributed by atoms with Crippen molar-refractivity contribution in [1.82, 2.24) is 10.2 Å². The van der Waals surface area contributed by atoms with Gasteiger partial charge in [-0.25, -0.2) is 0 Å². The van der Waals surface area contributed by atoms with Crippen molar-refractivity contribution in [2.45, 2.75) is 71.9 Å². The Morgan fingerprint density at radius 3 is 2.46 bits per heavy atom. The quantitative estimate of drug-likeness (QED) is 0.420. The number of carbonyl (C=O) groups excluding carboxylic acids is 3. The molecule has 3 amide bonds. The molecule has 0 aliphatic carbocycles. The summed E-state index contributed by atoms with van der Waals surface area (Å²) >= 11 is 0. The molecule has 1 heterocycles. The monoisotopic (exact) mass is 507 g/mol. The number of ether oxygens (including phenoxy) is 1. The van der Waals surface area contributed by atoms with E-state index in [2.05, 4.69) is 5.32 Å². The number of hydrogen-bond donors (Lipinski definition) is 2. The van der Waals surface area contributed by atoms with Gasteiger partial charge >= 0.3 is 0 Å². The number of benzene rings is 2. The number of nitrogens with one attached hydrogen (secondary N) is 1. The molecule has 3 N–H and O–H groups in total. The lowest BCUT2D eigenvalue weighted by molar-refractivity contribution is -0.139. The van der Waals surface area contributed by atoms with Crippen LogP contribution in [-0.4, -0.2) is 35.2 Å². The van der Waals surface area contributed by atoms with Gasteiger partial charge in [0.2, 0.25) is 17.7 Å². The van der Waals surface area contributed by atoms with Gasteiger partial charge in [0, 0.05) is 24.9 Å². The van der Waals surface area contributed by atoms with Gasteiger partial charge in [-0.3, -0.25) is 14.4 Å². The highest BCUT2D eigenvalue weighted by atomic mass is 16.5. The van der Waals surface area contributed by atoms with Crippen molar-refractivity contribution in [2.24, 2.45) is 23.5 Å². The third-order valence-electron chi connectivity index (χ3n) is 6.86. The van der Waals surface area contributed by atoms with Crippen molar-refractivity contribution in [3.05, 3.63) is 60.2 Å². The van der Waals surface area contributed by atoms with Gasteiger partial charge in [0.1, 0.15) is 17.5 Å². The van der Waals surface area contributed by atoms with Crippen LogP contribution in [0.1, 0.15) is 64.9 Å². The van der Waals surface area contributed by atoms with E-state index >= 15 is 0 Å². The molecule has 0 saturated carbocycles. The second kappa shape index (κ2) is 13.8. The number of primary amides is 1. The smallest absolute Gasteiger partial charge is 0.245 e. The van der Waals surface area contributed by atoms with Crippen molar-refractivity contribution in [2.75, 3.05) is 6.54 Å². The molecule has 0 spiro atoms. The maximum atomic E-state index is 13.5. The fourth-order valence-electron chi connectivity index (χ4n) is 5.04. The molecule has 1 aliphatic rings. The molecule has 7 heteroatoms. The summed E-state index contributed by atoms with van der Waals surface area (Å²) in [6.45, 7) is 7.09. The second-order valence-corrected chi connectivity index (χ2v) is 10.4. The SMILES string of the molecule is CCCC(C(=O)NC1CCCCN(Cc2cccc(Oc3ccccc3)c2)C1=O)C(CC(C)C)C(N)=O. The predicted molar refractivity (Wildman–Crippen MR) is 145 cm³/mol. The van der Waals surface area contributed by atoms with Gasteiger partial charge in [-0.1, -0.05) is 57.5 Å². The van der Waals surface area contributed by atoms with E-state index in [4.69, 9.17) is 10.5 Å². The predicted octanol–water partition coefficient (Wildman–Crippen LogP) is 5.04. The van der Waals surface area contributed by atoms with E-state index < -0.39 is 23.8 Å². The zero-order valence-corrected chi connectivity index (χ0v) is 22.3. The first-order chi connectivity index (χ1) is 17.8. The Morgan fingerprint density at radius 1 is 1.05 bits per heavy atom. The first-order valence-corrected chi connectivity index (χ1v) is 13.5. The highest BCUT2D eigenvalue weighted by molar-refractivity contribution is 5.91. The van der Waals surface area contributed by atoms with E-state index in [1.807, 2.05) is 80.3 Å². The fraction of sp³-hybridized carbons (Fsp3) is 0.500. The molecule has 0 radical (unpaired) electrons. The molecule has 1 fully saturated rings. The number of hydrogen-bond acceptors (Lipinski definition) is 4. The van der Waals surface area contributed by atoms with E-state index in [-0.39, 0.29) is 17.7 Å². The third-order valence-corrected chi connectivity index (χ3v) is 6.86. The van der Waals surface area contributed by atoms with Gasteiger partial charge in [-0.15, -0.1) is 0 Å². The molecule has 37 heavy (non-hydrogen) atoms. The maximum absolute atomic E-state index is 13.5. The summed E-state index contributed by atoms with van der Waals surface area (Å²) < 4.78 is 5.95.